The Hall–Kier alpha value is -2.15. The molecular weight excluding hydrogens is 330 g/mol. The number of hydrogen-bond donors (Lipinski definition) is 1. The summed E-state index contributed by atoms with van der Waals surface area (Å²) in [6.45, 7) is 7.26. The largest absolute Gasteiger partial charge is 0.462 e. The van der Waals surface area contributed by atoms with Crippen molar-refractivity contribution in [3.05, 3.63) is 28.2 Å². The van der Waals surface area contributed by atoms with Crippen LogP contribution in [0.5, 0.6) is 0 Å². The van der Waals surface area contributed by atoms with E-state index in [4.69, 9.17) is 9.47 Å². The zero-order valence-electron chi connectivity index (χ0n) is 14.4. The number of thiophene rings is 1. The van der Waals surface area contributed by atoms with Crippen LogP contribution in [0.1, 0.15) is 48.0 Å². The van der Waals surface area contributed by atoms with Gasteiger partial charge in [0.25, 0.3) is 5.91 Å². The van der Waals surface area contributed by atoms with E-state index in [-0.39, 0.29) is 6.61 Å². The minimum Gasteiger partial charge on any atom is -0.462 e. The van der Waals surface area contributed by atoms with Crippen molar-refractivity contribution in [3.8, 4) is 0 Å². The Kier molecular flexibility index (Phi) is 8.18. The van der Waals surface area contributed by atoms with Gasteiger partial charge in [-0.15, -0.1) is 11.3 Å². The SMILES string of the molecule is CC/C=C/C(=O)OCC(=O)Nc1sc(CC)c(C)c1C(=O)OCC. The molecule has 24 heavy (non-hydrogen) atoms. The first-order valence-electron chi connectivity index (χ1n) is 7.86. The molecule has 0 aliphatic rings. The molecule has 0 atom stereocenters. The summed E-state index contributed by atoms with van der Waals surface area (Å²) in [7, 11) is 0. The van der Waals surface area contributed by atoms with E-state index in [2.05, 4.69) is 5.32 Å². The maximum Gasteiger partial charge on any atom is 0.341 e. The number of esters is 2. The second kappa shape index (κ2) is 9.87. The van der Waals surface area contributed by atoms with Crippen molar-refractivity contribution in [2.24, 2.45) is 0 Å². The molecule has 0 aliphatic heterocycles. The van der Waals surface area contributed by atoms with E-state index in [9.17, 15) is 14.4 Å². The first-order valence-corrected chi connectivity index (χ1v) is 8.68. The summed E-state index contributed by atoms with van der Waals surface area (Å²) in [6.07, 6.45) is 4.38. The Morgan fingerprint density at radius 2 is 1.88 bits per heavy atom. The lowest BCUT2D eigenvalue weighted by Gasteiger charge is -2.07. The van der Waals surface area contributed by atoms with Crippen LogP contribution in [-0.4, -0.2) is 31.1 Å². The van der Waals surface area contributed by atoms with Gasteiger partial charge >= 0.3 is 11.9 Å². The van der Waals surface area contributed by atoms with Crippen molar-refractivity contribution < 1.29 is 23.9 Å². The zero-order valence-corrected chi connectivity index (χ0v) is 15.2. The molecule has 1 N–H and O–H groups in total. The number of aryl methyl sites for hydroxylation is 1. The van der Waals surface area contributed by atoms with E-state index in [1.165, 1.54) is 17.4 Å². The standard InChI is InChI=1S/C17H23NO5S/c1-5-8-9-14(20)23-10-13(19)18-16-15(17(21)22-7-3)11(4)12(6-2)24-16/h8-9H,5-7,10H2,1-4H3,(H,18,19)/b9-8+. The highest BCUT2D eigenvalue weighted by atomic mass is 32.1. The van der Waals surface area contributed by atoms with Crippen LogP contribution in [-0.2, 0) is 25.5 Å². The first-order chi connectivity index (χ1) is 11.4. The maximum absolute atomic E-state index is 12.1. The molecule has 7 heteroatoms. The van der Waals surface area contributed by atoms with Gasteiger partial charge in [0.1, 0.15) is 5.00 Å². The van der Waals surface area contributed by atoms with Crippen molar-refractivity contribution in [2.75, 3.05) is 18.5 Å². The van der Waals surface area contributed by atoms with Gasteiger partial charge in [-0.25, -0.2) is 9.59 Å². The molecule has 0 radical (unpaired) electrons. The number of rotatable bonds is 8. The number of amides is 1. The molecule has 1 heterocycles. The van der Waals surface area contributed by atoms with E-state index >= 15 is 0 Å². The van der Waals surface area contributed by atoms with E-state index < -0.39 is 24.5 Å². The molecule has 0 spiro atoms. The second-order valence-electron chi connectivity index (χ2n) is 4.89. The monoisotopic (exact) mass is 353 g/mol. The number of carbonyl (C=O) groups is 3. The third-order valence-electron chi connectivity index (χ3n) is 3.13. The van der Waals surface area contributed by atoms with Crippen LogP contribution in [0.2, 0.25) is 0 Å². The van der Waals surface area contributed by atoms with Gasteiger partial charge in [0.2, 0.25) is 0 Å². The molecule has 0 aromatic carbocycles. The summed E-state index contributed by atoms with van der Waals surface area (Å²) in [5.74, 6) is -1.54. The molecule has 1 rings (SSSR count). The number of hydrogen-bond acceptors (Lipinski definition) is 6. The molecule has 0 bridgehead atoms. The van der Waals surface area contributed by atoms with Crippen LogP contribution < -0.4 is 5.32 Å². The van der Waals surface area contributed by atoms with Crippen molar-refractivity contribution in [3.63, 3.8) is 0 Å². The average Bonchev–Trinajstić information content (AvgIpc) is 2.86. The zero-order chi connectivity index (χ0) is 18.1. The number of anilines is 1. The van der Waals surface area contributed by atoms with Gasteiger partial charge < -0.3 is 14.8 Å². The quantitative estimate of drug-likeness (QED) is 0.573. The lowest BCUT2D eigenvalue weighted by molar-refractivity contribution is -0.142. The van der Waals surface area contributed by atoms with Gasteiger partial charge in [0, 0.05) is 11.0 Å². The summed E-state index contributed by atoms with van der Waals surface area (Å²) in [4.78, 5) is 36.5. The maximum atomic E-state index is 12.1. The molecule has 0 fully saturated rings. The van der Waals surface area contributed by atoms with Crippen LogP contribution in [0.4, 0.5) is 5.00 Å². The smallest absolute Gasteiger partial charge is 0.341 e. The molecule has 0 saturated heterocycles. The van der Waals surface area contributed by atoms with Crippen LogP contribution in [0, 0.1) is 6.92 Å². The third kappa shape index (κ3) is 5.49. The highest BCUT2D eigenvalue weighted by Crippen LogP contribution is 2.34. The first kappa shape index (κ1) is 19.9. The predicted molar refractivity (Wildman–Crippen MR) is 93.4 cm³/mol. The van der Waals surface area contributed by atoms with E-state index in [0.717, 1.165) is 16.9 Å². The molecule has 6 nitrogen and oxygen atoms in total. The minimum atomic E-state index is -0.575. The topological polar surface area (TPSA) is 81.7 Å². The van der Waals surface area contributed by atoms with Gasteiger partial charge in [-0.1, -0.05) is 19.9 Å². The lowest BCUT2D eigenvalue weighted by Crippen LogP contribution is -2.21. The highest BCUT2D eigenvalue weighted by Gasteiger charge is 2.23. The molecule has 1 amide bonds. The fraction of sp³-hybridized carbons (Fsp3) is 0.471. The van der Waals surface area contributed by atoms with Gasteiger partial charge in [-0.2, -0.15) is 0 Å². The third-order valence-corrected chi connectivity index (χ3v) is 4.49. The van der Waals surface area contributed by atoms with Gasteiger partial charge in [-0.05, 0) is 32.3 Å². The van der Waals surface area contributed by atoms with Gasteiger partial charge in [-0.3, -0.25) is 4.79 Å². The predicted octanol–water partition coefficient (Wildman–Crippen LogP) is 3.24. The summed E-state index contributed by atoms with van der Waals surface area (Å²) >= 11 is 1.33. The van der Waals surface area contributed by atoms with E-state index in [1.807, 2.05) is 20.8 Å². The number of nitrogens with one attached hydrogen (secondary N) is 1. The Balaban J connectivity index is 2.82. The molecule has 0 aliphatic carbocycles. The second-order valence-corrected chi connectivity index (χ2v) is 6.00. The van der Waals surface area contributed by atoms with Gasteiger partial charge in [0.05, 0.1) is 12.2 Å². The number of carbonyl (C=O) groups excluding carboxylic acids is 3. The number of ether oxygens (including phenoxy) is 2. The minimum absolute atomic E-state index is 0.254. The average molecular weight is 353 g/mol. The van der Waals surface area contributed by atoms with Gasteiger partial charge in [0.15, 0.2) is 6.61 Å². The van der Waals surface area contributed by atoms with E-state index in [0.29, 0.717) is 17.0 Å². The molecule has 0 saturated carbocycles. The van der Waals surface area contributed by atoms with Crippen molar-refractivity contribution in [2.45, 2.75) is 40.5 Å². The van der Waals surface area contributed by atoms with Crippen LogP contribution in [0.15, 0.2) is 12.2 Å². The van der Waals surface area contributed by atoms with Crippen LogP contribution >= 0.6 is 11.3 Å². The normalized spacial score (nSPS) is 10.7. The summed E-state index contributed by atoms with van der Waals surface area (Å²) in [5, 5.41) is 3.06. The Bertz CT molecular complexity index is 633. The fourth-order valence-electron chi connectivity index (χ4n) is 2.00. The molecule has 1 aromatic heterocycles. The Labute approximate surface area is 145 Å². The summed E-state index contributed by atoms with van der Waals surface area (Å²) in [5.41, 5.74) is 1.17. The number of allylic oxidation sites excluding steroid dienone is 1. The lowest BCUT2D eigenvalue weighted by atomic mass is 10.1. The molecule has 0 unspecified atom stereocenters. The molecular formula is C17H23NO5S. The van der Waals surface area contributed by atoms with Crippen LogP contribution in [0.25, 0.3) is 0 Å². The van der Waals surface area contributed by atoms with Crippen LogP contribution in [0.3, 0.4) is 0 Å². The van der Waals surface area contributed by atoms with Crippen molar-refractivity contribution in [1.29, 1.82) is 0 Å². The Morgan fingerprint density at radius 3 is 2.46 bits per heavy atom. The van der Waals surface area contributed by atoms with Crippen molar-refractivity contribution in [1.82, 2.24) is 0 Å². The molecule has 132 valence electrons. The Morgan fingerprint density at radius 1 is 1.17 bits per heavy atom. The summed E-state index contributed by atoms with van der Waals surface area (Å²) in [6, 6.07) is 0. The van der Waals surface area contributed by atoms with Crippen molar-refractivity contribution >= 4 is 34.2 Å². The van der Waals surface area contributed by atoms with E-state index in [1.54, 1.807) is 13.0 Å². The fourth-order valence-corrected chi connectivity index (χ4v) is 3.15. The summed E-state index contributed by atoms with van der Waals surface area (Å²) < 4.78 is 9.89. The molecule has 1 aromatic rings. The highest BCUT2D eigenvalue weighted by molar-refractivity contribution is 7.17.